The van der Waals surface area contributed by atoms with Crippen molar-refractivity contribution in [3.63, 3.8) is 0 Å². The third-order valence-corrected chi connectivity index (χ3v) is 2.38. The molecule has 1 amide bonds. The van der Waals surface area contributed by atoms with Crippen LogP contribution in [-0.2, 0) is 14.3 Å². The van der Waals surface area contributed by atoms with Crippen LogP contribution < -0.4 is 5.73 Å². The van der Waals surface area contributed by atoms with E-state index in [4.69, 9.17) is 15.6 Å². The summed E-state index contributed by atoms with van der Waals surface area (Å²) in [5.74, 6) is -1.69. The van der Waals surface area contributed by atoms with Crippen molar-refractivity contribution in [1.82, 2.24) is 0 Å². The number of primary amides is 1. The topological polar surface area (TPSA) is 89.6 Å². The van der Waals surface area contributed by atoms with E-state index in [2.05, 4.69) is 0 Å². The van der Waals surface area contributed by atoms with Gasteiger partial charge < -0.3 is 15.6 Å². The summed E-state index contributed by atoms with van der Waals surface area (Å²) in [7, 11) is 0. The van der Waals surface area contributed by atoms with E-state index in [1.807, 2.05) is 0 Å². The zero-order valence-electron chi connectivity index (χ0n) is 8.32. The molecule has 1 aliphatic rings. The molecule has 0 radical (unpaired) electrons. The van der Waals surface area contributed by atoms with Crippen molar-refractivity contribution < 1.29 is 19.4 Å². The van der Waals surface area contributed by atoms with E-state index >= 15 is 0 Å². The van der Waals surface area contributed by atoms with Gasteiger partial charge in [0.05, 0.1) is 6.10 Å². The number of carbonyl (C=O) groups excluding carboxylic acids is 1. The molecule has 1 saturated carbocycles. The highest BCUT2D eigenvalue weighted by Crippen LogP contribution is 2.50. The number of ether oxygens (including phenoxy) is 1. The second-order valence-electron chi connectivity index (χ2n) is 3.93. The van der Waals surface area contributed by atoms with Gasteiger partial charge in [-0.3, -0.25) is 9.59 Å². The Kier molecular flexibility index (Phi) is 2.80. The van der Waals surface area contributed by atoms with Gasteiger partial charge in [0.1, 0.15) is 5.41 Å². The van der Waals surface area contributed by atoms with Crippen molar-refractivity contribution in [2.75, 3.05) is 0 Å². The number of carbonyl (C=O) groups is 2. The molecule has 1 fully saturated rings. The van der Waals surface area contributed by atoms with Gasteiger partial charge in [-0.2, -0.15) is 0 Å². The van der Waals surface area contributed by atoms with E-state index in [9.17, 15) is 9.59 Å². The average Bonchev–Trinajstić information content (AvgIpc) is 2.79. The van der Waals surface area contributed by atoms with E-state index in [-0.39, 0.29) is 6.10 Å². The highest BCUT2D eigenvalue weighted by Gasteiger charge is 2.59. The molecule has 14 heavy (non-hydrogen) atoms. The molecule has 0 bridgehead atoms. The summed E-state index contributed by atoms with van der Waals surface area (Å²) in [6, 6.07) is 0. The van der Waals surface area contributed by atoms with Crippen LogP contribution in [0.1, 0.15) is 26.7 Å². The molecule has 1 rings (SSSR count). The maximum Gasteiger partial charge on any atom is 0.312 e. The SMILES string of the molecule is CC(C)OC(C(N)=O)C1(C(=O)O)CC1. The van der Waals surface area contributed by atoms with E-state index in [0.717, 1.165) is 0 Å². The lowest BCUT2D eigenvalue weighted by Crippen LogP contribution is -2.44. The van der Waals surface area contributed by atoms with Gasteiger partial charge in [-0.15, -0.1) is 0 Å². The monoisotopic (exact) mass is 201 g/mol. The molecule has 80 valence electrons. The summed E-state index contributed by atoms with van der Waals surface area (Å²) in [6.07, 6.45) is -0.282. The zero-order valence-corrected chi connectivity index (χ0v) is 8.32. The summed E-state index contributed by atoms with van der Waals surface area (Å²) in [6.45, 7) is 3.49. The van der Waals surface area contributed by atoms with Crippen LogP contribution in [0.25, 0.3) is 0 Å². The first-order valence-corrected chi connectivity index (χ1v) is 4.58. The normalized spacial score (nSPS) is 20.5. The number of hydrogen-bond donors (Lipinski definition) is 2. The van der Waals surface area contributed by atoms with Crippen LogP contribution in [0.5, 0.6) is 0 Å². The molecule has 0 spiro atoms. The molecular formula is C9H15NO4. The van der Waals surface area contributed by atoms with E-state index in [1.54, 1.807) is 13.8 Å². The maximum atomic E-state index is 11.1. The number of aliphatic carboxylic acids is 1. The van der Waals surface area contributed by atoms with Gasteiger partial charge in [-0.25, -0.2) is 0 Å². The predicted molar refractivity (Wildman–Crippen MR) is 48.5 cm³/mol. The number of carboxylic acid groups (broad SMARTS) is 1. The molecule has 1 aliphatic carbocycles. The first kappa shape index (κ1) is 11.0. The molecule has 1 unspecified atom stereocenters. The standard InChI is InChI=1S/C9H15NO4/c1-5(2)14-6(7(10)11)9(3-4-9)8(12)13/h5-6H,3-4H2,1-2H3,(H2,10,11)(H,12,13). The van der Waals surface area contributed by atoms with E-state index < -0.39 is 23.4 Å². The van der Waals surface area contributed by atoms with Crippen molar-refractivity contribution >= 4 is 11.9 Å². The van der Waals surface area contributed by atoms with Crippen LogP contribution in [0, 0.1) is 5.41 Å². The Balaban J connectivity index is 2.78. The van der Waals surface area contributed by atoms with Crippen LogP contribution in [0.3, 0.4) is 0 Å². The molecule has 0 aromatic rings. The quantitative estimate of drug-likeness (QED) is 0.661. The van der Waals surface area contributed by atoms with Gasteiger partial charge in [0, 0.05) is 0 Å². The molecule has 0 aromatic carbocycles. The van der Waals surface area contributed by atoms with Crippen LogP contribution in [0.4, 0.5) is 0 Å². The second kappa shape index (κ2) is 3.57. The van der Waals surface area contributed by atoms with E-state index in [0.29, 0.717) is 12.8 Å². The van der Waals surface area contributed by atoms with Gasteiger partial charge in [-0.1, -0.05) is 0 Å². The van der Waals surface area contributed by atoms with Crippen molar-refractivity contribution in [2.45, 2.75) is 38.9 Å². The second-order valence-corrected chi connectivity index (χ2v) is 3.93. The molecule has 1 atom stereocenters. The minimum absolute atomic E-state index is 0.204. The van der Waals surface area contributed by atoms with E-state index in [1.165, 1.54) is 0 Å². The Morgan fingerprint density at radius 2 is 1.93 bits per heavy atom. The lowest BCUT2D eigenvalue weighted by molar-refractivity contribution is -0.158. The Labute approximate surface area is 82.2 Å². The Morgan fingerprint density at radius 1 is 1.43 bits per heavy atom. The summed E-state index contributed by atoms with van der Waals surface area (Å²) in [5, 5.41) is 8.95. The van der Waals surface area contributed by atoms with Crippen molar-refractivity contribution in [3.05, 3.63) is 0 Å². The van der Waals surface area contributed by atoms with Crippen LogP contribution in [0.15, 0.2) is 0 Å². The smallest absolute Gasteiger partial charge is 0.312 e. The fourth-order valence-corrected chi connectivity index (χ4v) is 1.46. The number of rotatable bonds is 5. The lowest BCUT2D eigenvalue weighted by atomic mass is 9.98. The predicted octanol–water partition coefficient (Wildman–Crippen LogP) is 0.130. The molecule has 0 heterocycles. The Morgan fingerprint density at radius 3 is 2.14 bits per heavy atom. The molecule has 5 nitrogen and oxygen atoms in total. The van der Waals surface area contributed by atoms with Crippen molar-refractivity contribution in [2.24, 2.45) is 11.1 Å². The summed E-state index contributed by atoms with van der Waals surface area (Å²) >= 11 is 0. The number of hydrogen-bond acceptors (Lipinski definition) is 3. The van der Waals surface area contributed by atoms with Gasteiger partial charge in [-0.05, 0) is 26.7 Å². The highest BCUT2D eigenvalue weighted by molar-refractivity contribution is 5.90. The molecular weight excluding hydrogens is 186 g/mol. The Bertz CT molecular complexity index is 258. The fourth-order valence-electron chi connectivity index (χ4n) is 1.46. The molecule has 0 saturated heterocycles. The third-order valence-electron chi connectivity index (χ3n) is 2.38. The number of amides is 1. The van der Waals surface area contributed by atoms with Crippen LogP contribution in [0.2, 0.25) is 0 Å². The molecule has 5 heteroatoms. The third kappa shape index (κ3) is 1.87. The number of nitrogens with two attached hydrogens (primary N) is 1. The summed E-state index contributed by atoms with van der Waals surface area (Å²) in [5.41, 5.74) is 4.06. The largest absolute Gasteiger partial charge is 0.481 e. The molecule has 3 N–H and O–H groups in total. The minimum Gasteiger partial charge on any atom is -0.481 e. The summed E-state index contributed by atoms with van der Waals surface area (Å²) < 4.78 is 5.24. The summed E-state index contributed by atoms with van der Waals surface area (Å²) in [4.78, 5) is 22.0. The van der Waals surface area contributed by atoms with Crippen LogP contribution in [-0.4, -0.2) is 29.2 Å². The fraction of sp³-hybridized carbons (Fsp3) is 0.778. The van der Waals surface area contributed by atoms with Crippen molar-refractivity contribution in [1.29, 1.82) is 0 Å². The lowest BCUT2D eigenvalue weighted by Gasteiger charge is -2.22. The molecule has 0 aromatic heterocycles. The van der Waals surface area contributed by atoms with Crippen LogP contribution >= 0.6 is 0 Å². The minimum atomic E-state index is -1.06. The zero-order chi connectivity index (χ0) is 10.9. The van der Waals surface area contributed by atoms with Crippen molar-refractivity contribution in [3.8, 4) is 0 Å². The molecule has 0 aliphatic heterocycles. The maximum absolute atomic E-state index is 11.1. The van der Waals surface area contributed by atoms with Gasteiger partial charge in [0.25, 0.3) is 0 Å². The van der Waals surface area contributed by atoms with Gasteiger partial charge in [0.2, 0.25) is 5.91 Å². The Hall–Kier alpha value is -1.10. The van der Waals surface area contributed by atoms with Gasteiger partial charge >= 0.3 is 5.97 Å². The first-order valence-electron chi connectivity index (χ1n) is 4.58. The average molecular weight is 201 g/mol. The van der Waals surface area contributed by atoms with Gasteiger partial charge in [0.15, 0.2) is 6.10 Å². The number of carboxylic acids is 1. The highest BCUT2D eigenvalue weighted by atomic mass is 16.5. The first-order chi connectivity index (χ1) is 6.40.